The van der Waals surface area contributed by atoms with Crippen LogP contribution in [0, 0.1) is 16.0 Å². The average Bonchev–Trinajstić information content (AvgIpc) is 2.55. The third-order valence-electron chi connectivity index (χ3n) is 2.88. The second-order valence-corrected chi connectivity index (χ2v) is 6.97. The molecule has 0 heterocycles. The van der Waals surface area contributed by atoms with E-state index in [2.05, 4.69) is 0 Å². The highest BCUT2D eigenvalue weighted by molar-refractivity contribution is 8.13. The maximum atomic E-state index is 11.0. The minimum atomic E-state index is -3.56. The predicted octanol–water partition coefficient (Wildman–Crippen LogP) is 1.88. The Morgan fingerprint density at radius 1 is 1.41 bits per heavy atom. The maximum Gasteiger partial charge on any atom is 0.272 e. The van der Waals surface area contributed by atoms with E-state index in [-0.39, 0.29) is 17.4 Å². The van der Waals surface area contributed by atoms with Crippen LogP contribution in [-0.4, -0.2) is 19.1 Å². The molecule has 5 nitrogen and oxygen atoms in total. The molecule has 0 aromatic heterocycles. The molecule has 1 aliphatic carbocycles. The van der Waals surface area contributed by atoms with Crippen molar-refractivity contribution >= 4 is 25.4 Å². The Labute approximate surface area is 103 Å². The third-order valence-corrected chi connectivity index (χ3v) is 4.13. The number of rotatable bonds is 3. The van der Waals surface area contributed by atoms with Gasteiger partial charge in [0.2, 0.25) is 9.05 Å². The van der Waals surface area contributed by atoms with Gasteiger partial charge in [0.25, 0.3) is 5.69 Å². The molecule has 2 rings (SSSR count). The van der Waals surface area contributed by atoms with Gasteiger partial charge in [0, 0.05) is 22.3 Å². The SMILES string of the molecule is O=[N+]([O-])c1cccc2c1CC(CS(=O)(=O)Cl)C2. The smallest absolute Gasteiger partial charge is 0.258 e. The lowest BCUT2D eigenvalue weighted by Gasteiger charge is -2.04. The number of nitro benzene ring substituents is 1. The van der Waals surface area contributed by atoms with Crippen LogP contribution in [0.4, 0.5) is 5.69 Å². The molecule has 0 spiro atoms. The summed E-state index contributed by atoms with van der Waals surface area (Å²) >= 11 is 0. The van der Waals surface area contributed by atoms with Crippen LogP contribution in [0.1, 0.15) is 11.1 Å². The molecule has 0 bridgehead atoms. The molecule has 0 saturated carbocycles. The molecule has 92 valence electrons. The van der Waals surface area contributed by atoms with Crippen LogP contribution in [0.15, 0.2) is 18.2 Å². The molecule has 1 aromatic carbocycles. The van der Waals surface area contributed by atoms with Crippen LogP contribution >= 0.6 is 10.7 Å². The molecule has 1 aliphatic rings. The normalized spacial score (nSPS) is 19.0. The summed E-state index contributed by atoms with van der Waals surface area (Å²) in [5.74, 6) is -0.297. The topological polar surface area (TPSA) is 77.3 Å². The van der Waals surface area contributed by atoms with E-state index in [0.717, 1.165) is 5.56 Å². The first-order chi connectivity index (χ1) is 7.87. The van der Waals surface area contributed by atoms with Gasteiger partial charge < -0.3 is 0 Å². The molecule has 7 heteroatoms. The molecule has 0 N–H and O–H groups in total. The second-order valence-electron chi connectivity index (χ2n) is 4.15. The summed E-state index contributed by atoms with van der Waals surface area (Å²) < 4.78 is 22.0. The van der Waals surface area contributed by atoms with Crippen molar-refractivity contribution in [1.29, 1.82) is 0 Å². The van der Waals surface area contributed by atoms with Crippen LogP contribution < -0.4 is 0 Å². The Hall–Kier alpha value is -1.14. The molecule has 1 aromatic rings. The lowest BCUT2D eigenvalue weighted by Crippen LogP contribution is -2.11. The van der Waals surface area contributed by atoms with Gasteiger partial charge in [0.1, 0.15) is 0 Å². The maximum absolute atomic E-state index is 11.0. The van der Waals surface area contributed by atoms with Crippen molar-refractivity contribution in [3.05, 3.63) is 39.4 Å². The molecule has 17 heavy (non-hydrogen) atoms. The summed E-state index contributed by atoms with van der Waals surface area (Å²) in [6.07, 6.45) is 0.932. The lowest BCUT2D eigenvalue weighted by molar-refractivity contribution is -0.385. The highest BCUT2D eigenvalue weighted by Gasteiger charge is 2.30. The second kappa shape index (κ2) is 4.27. The zero-order chi connectivity index (χ0) is 12.6. The van der Waals surface area contributed by atoms with Crippen molar-refractivity contribution < 1.29 is 13.3 Å². The van der Waals surface area contributed by atoms with Crippen molar-refractivity contribution in [2.45, 2.75) is 12.8 Å². The van der Waals surface area contributed by atoms with Gasteiger partial charge >= 0.3 is 0 Å². The van der Waals surface area contributed by atoms with Gasteiger partial charge in [-0.3, -0.25) is 10.1 Å². The third kappa shape index (κ3) is 2.76. The van der Waals surface area contributed by atoms with Gasteiger partial charge in [0.15, 0.2) is 0 Å². The molecule has 1 atom stereocenters. The summed E-state index contributed by atoms with van der Waals surface area (Å²) in [5.41, 5.74) is 1.56. The largest absolute Gasteiger partial charge is 0.272 e. The quantitative estimate of drug-likeness (QED) is 0.479. The number of fused-ring (bicyclic) bond motifs is 1. The summed E-state index contributed by atoms with van der Waals surface area (Å²) in [6, 6.07) is 4.86. The van der Waals surface area contributed by atoms with Crippen molar-refractivity contribution in [2.75, 3.05) is 5.75 Å². The zero-order valence-corrected chi connectivity index (χ0v) is 10.4. The molecule has 1 unspecified atom stereocenters. The summed E-state index contributed by atoms with van der Waals surface area (Å²) in [5, 5.41) is 10.8. The van der Waals surface area contributed by atoms with Crippen LogP contribution in [0.5, 0.6) is 0 Å². The average molecular weight is 276 g/mol. The van der Waals surface area contributed by atoms with Crippen LogP contribution in [-0.2, 0) is 21.9 Å². The fraction of sp³-hybridized carbons (Fsp3) is 0.400. The first kappa shape index (κ1) is 12.3. The molecule has 0 fully saturated rings. The number of hydrogen-bond acceptors (Lipinski definition) is 4. The van der Waals surface area contributed by atoms with Crippen LogP contribution in [0.3, 0.4) is 0 Å². The first-order valence-corrected chi connectivity index (χ1v) is 7.52. The highest BCUT2D eigenvalue weighted by atomic mass is 35.7. The van der Waals surface area contributed by atoms with Gasteiger partial charge in [-0.2, -0.15) is 0 Å². The lowest BCUT2D eigenvalue weighted by atomic mass is 10.1. The monoisotopic (exact) mass is 275 g/mol. The summed E-state index contributed by atoms with van der Waals surface area (Å²) in [4.78, 5) is 10.4. The van der Waals surface area contributed by atoms with Gasteiger partial charge in [-0.15, -0.1) is 0 Å². The Kier molecular flexibility index (Phi) is 3.09. The van der Waals surface area contributed by atoms with E-state index >= 15 is 0 Å². The van der Waals surface area contributed by atoms with Gasteiger partial charge in [-0.25, -0.2) is 8.42 Å². The molecule has 0 saturated heterocycles. The Bertz CT molecular complexity index is 570. The fourth-order valence-electron chi connectivity index (χ4n) is 2.29. The van der Waals surface area contributed by atoms with Gasteiger partial charge in [0.05, 0.1) is 10.7 Å². The predicted molar refractivity (Wildman–Crippen MR) is 63.6 cm³/mol. The number of hydrogen-bond donors (Lipinski definition) is 0. The minimum Gasteiger partial charge on any atom is -0.258 e. The summed E-state index contributed by atoms with van der Waals surface area (Å²) in [7, 11) is 1.64. The fourth-order valence-corrected chi connectivity index (χ4v) is 3.62. The molecular weight excluding hydrogens is 266 g/mol. The van der Waals surface area contributed by atoms with E-state index in [0.29, 0.717) is 18.4 Å². The molecule has 0 radical (unpaired) electrons. The summed E-state index contributed by atoms with van der Waals surface area (Å²) in [6.45, 7) is 0. The Morgan fingerprint density at radius 3 is 2.71 bits per heavy atom. The van der Waals surface area contributed by atoms with Gasteiger partial charge in [-0.1, -0.05) is 12.1 Å². The number of nitro groups is 1. The molecule has 0 amide bonds. The minimum absolute atomic E-state index is 0.0666. The van der Waals surface area contributed by atoms with Crippen molar-refractivity contribution in [3.63, 3.8) is 0 Å². The van der Waals surface area contributed by atoms with E-state index in [9.17, 15) is 18.5 Å². The van der Waals surface area contributed by atoms with Crippen LogP contribution in [0.25, 0.3) is 0 Å². The van der Waals surface area contributed by atoms with Gasteiger partial charge in [-0.05, 0) is 24.3 Å². The van der Waals surface area contributed by atoms with E-state index in [1.807, 2.05) is 0 Å². The first-order valence-electron chi connectivity index (χ1n) is 5.04. The highest BCUT2D eigenvalue weighted by Crippen LogP contribution is 2.34. The molecular formula is C10H10ClNO4S. The Morgan fingerprint density at radius 2 is 2.12 bits per heavy atom. The number of benzene rings is 1. The van der Waals surface area contributed by atoms with Crippen molar-refractivity contribution in [1.82, 2.24) is 0 Å². The Balaban J connectivity index is 2.28. The van der Waals surface area contributed by atoms with E-state index in [4.69, 9.17) is 10.7 Å². The van der Waals surface area contributed by atoms with Crippen LogP contribution in [0.2, 0.25) is 0 Å². The van der Waals surface area contributed by atoms with Crippen molar-refractivity contribution in [3.8, 4) is 0 Å². The molecule has 0 aliphatic heterocycles. The zero-order valence-electron chi connectivity index (χ0n) is 8.80. The van der Waals surface area contributed by atoms with E-state index < -0.39 is 14.0 Å². The standard InChI is InChI=1S/C10H10ClNO4S/c11-17(15,16)6-7-4-8-2-1-3-10(12(13)14)9(8)5-7/h1-3,7H,4-6H2. The van der Waals surface area contributed by atoms with E-state index in [1.54, 1.807) is 12.1 Å². The van der Waals surface area contributed by atoms with E-state index in [1.165, 1.54) is 6.07 Å². The number of nitrogens with zero attached hydrogens (tertiary/aromatic N) is 1. The number of halogens is 1. The van der Waals surface area contributed by atoms with Crippen molar-refractivity contribution in [2.24, 2.45) is 5.92 Å².